The fourth-order valence-corrected chi connectivity index (χ4v) is 1.69. The van der Waals surface area contributed by atoms with E-state index in [9.17, 15) is 0 Å². The number of hydrogen-bond donors (Lipinski definition) is 1. The SMILES string of the molecule is CCC(NC)C(COC)C(C)C. The Bertz CT molecular complexity index is 100. The van der Waals surface area contributed by atoms with Gasteiger partial charge in [-0.3, -0.25) is 0 Å². The van der Waals surface area contributed by atoms with Gasteiger partial charge in [0, 0.05) is 13.2 Å². The summed E-state index contributed by atoms with van der Waals surface area (Å²) in [4.78, 5) is 0. The summed E-state index contributed by atoms with van der Waals surface area (Å²) in [5.41, 5.74) is 0. The van der Waals surface area contributed by atoms with Gasteiger partial charge in [0.25, 0.3) is 0 Å². The molecule has 0 saturated carbocycles. The molecule has 0 amide bonds. The van der Waals surface area contributed by atoms with Crippen molar-refractivity contribution in [1.29, 1.82) is 0 Å². The molecule has 0 aromatic rings. The lowest BCUT2D eigenvalue weighted by Gasteiger charge is -2.28. The number of nitrogens with one attached hydrogen (secondary N) is 1. The Balaban J connectivity index is 4.05. The van der Waals surface area contributed by atoms with E-state index in [0.717, 1.165) is 6.61 Å². The standard InChI is InChI=1S/C10H23NO/c1-6-10(11-4)9(7-12-5)8(2)3/h8-11H,6-7H2,1-5H3. The van der Waals surface area contributed by atoms with E-state index in [1.165, 1.54) is 6.42 Å². The Labute approximate surface area is 76.7 Å². The van der Waals surface area contributed by atoms with E-state index in [1.807, 2.05) is 7.05 Å². The zero-order chi connectivity index (χ0) is 9.56. The van der Waals surface area contributed by atoms with E-state index in [1.54, 1.807) is 7.11 Å². The maximum absolute atomic E-state index is 5.21. The minimum atomic E-state index is 0.588. The van der Waals surface area contributed by atoms with Gasteiger partial charge >= 0.3 is 0 Å². The highest BCUT2D eigenvalue weighted by Crippen LogP contribution is 2.17. The highest BCUT2D eigenvalue weighted by molar-refractivity contribution is 4.75. The molecule has 2 unspecified atom stereocenters. The Morgan fingerprint density at radius 1 is 1.33 bits per heavy atom. The van der Waals surface area contributed by atoms with Crippen LogP contribution in [0.4, 0.5) is 0 Å². The first kappa shape index (κ1) is 11.9. The van der Waals surface area contributed by atoms with Gasteiger partial charge in [0.15, 0.2) is 0 Å². The van der Waals surface area contributed by atoms with E-state index in [4.69, 9.17) is 4.74 Å². The van der Waals surface area contributed by atoms with Crippen molar-refractivity contribution in [2.75, 3.05) is 20.8 Å². The van der Waals surface area contributed by atoms with E-state index >= 15 is 0 Å². The molecule has 0 bridgehead atoms. The summed E-state index contributed by atoms with van der Waals surface area (Å²) in [5, 5.41) is 3.34. The predicted molar refractivity (Wildman–Crippen MR) is 53.3 cm³/mol. The minimum Gasteiger partial charge on any atom is -0.384 e. The number of rotatable bonds is 6. The average Bonchev–Trinajstić information content (AvgIpc) is 2.05. The van der Waals surface area contributed by atoms with Crippen LogP contribution < -0.4 is 5.32 Å². The molecule has 0 aromatic heterocycles. The van der Waals surface area contributed by atoms with Crippen molar-refractivity contribution >= 4 is 0 Å². The molecule has 0 saturated heterocycles. The van der Waals surface area contributed by atoms with Crippen LogP contribution in [-0.2, 0) is 4.74 Å². The van der Waals surface area contributed by atoms with Crippen molar-refractivity contribution in [3.63, 3.8) is 0 Å². The molecule has 2 heteroatoms. The van der Waals surface area contributed by atoms with Crippen molar-refractivity contribution in [3.8, 4) is 0 Å². The zero-order valence-corrected chi connectivity index (χ0v) is 9.05. The largest absolute Gasteiger partial charge is 0.384 e. The molecule has 0 aromatic carbocycles. The van der Waals surface area contributed by atoms with Crippen molar-refractivity contribution in [2.45, 2.75) is 33.2 Å². The first-order chi connectivity index (χ1) is 5.67. The number of hydrogen-bond acceptors (Lipinski definition) is 2. The van der Waals surface area contributed by atoms with Crippen molar-refractivity contribution < 1.29 is 4.74 Å². The zero-order valence-electron chi connectivity index (χ0n) is 9.05. The van der Waals surface area contributed by atoms with Crippen molar-refractivity contribution in [2.24, 2.45) is 11.8 Å². The van der Waals surface area contributed by atoms with Crippen LogP contribution in [0.25, 0.3) is 0 Å². The van der Waals surface area contributed by atoms with Gasteiger partial charge in [-0.1, -0.05) is 20.8 Å². The summed E-state index contributed by atoms with van der Waals surface area (Å²) in [6.45, 7) is 7.58. The molecule has 0 heterocycles. The lowest BCUT2D eigenvalue weighted by molar-refractivity contribution is 0.105. The lowest BCUT2D eigenvalue weighted by atomic mass is 9.88. The number of methoxy groups -OCH3 is 1. The molecule has 0 radical (unpaired) electrons. The van der Waals surface area contributed by atoms with E-state index < -0.39 is 0 Å². The van der Waals surface area contributed by atoms with Crippen LogP contribution in [0.5, 0.6) is 0 Å². The Morgan fingerprint density at radius 3 is 2.17 bits per heavy atom. The lowest BCUT2D eigenvalue weighted by Crippen LogP contribution is -2.38. The van der Waals surface area contributed by atoms with Gasteiger partial charge in [-0.25, -0.2) is 0 Å². The Kier molecular flexibility index (Phi) is 6.39. The third kappa shape index (κ3) is 3.55. The summed E-state index contributed by atoms with van der Waals surface area (Å²) in [7, 11) is 3.80. The van der Waals surface area contributed by atoms with Crippen LogP contribution in [0.15, 0.2) is 0 Å². The van der Waals surface area contributed by atoms with Crippen molar-refractivity contribution in [1.82, 2.24) is 5.32 Å². The molecule has 12 heavy (non-hydrogen) atoms. The molecule has 0 fully saturated rings. The van der Waals surface area contributed by atoms with Crippen LogP contribution in [0, 0.1) is 11.8 Å². The average molecular weight is 173 g/mol. The van der Waals surface area contributed by atoms with Gasteiger partial charge < -0.3 is 10.1 Å². The summed E-state index contributed by atoms with van der Waals surface area (Å²) in [6.07, 6.45) is 1.17. The summed E-state index contributed by atoms with van der Waals surface area (Å²) in [5.74, 6) is 1.31. The van der Waals surface area contributed by atoms with Crippen LogP contribution in [0.2, 0.25) is 0 Å². The van der Waals surface area contributed by atoms with Gasteiger partial charge in [0.1, 0.15) is 0 Å². The molecular weight excluding hydrogens is 150 g/mol. The molecule has 2 atom stereocenters. The third-order valence-corrected chi connectivity index (χ3v) is 2.54. The molecule has 0 aliphatic carbocycles. The second-order valence-corrected chi connectivity index (χ2v) is 3.67. The normalized spacial score (nSPS) is 16.5. The summed E-state index contributed by atoms with van der Waals surface area (Å²) in [6, 6.07) is 0.588. The molecule has 2 nitrogen and oxygen atoms in total. The van der Waals surface area contributed by atoms with Gasteiger partial charge in [-0.05, 0) is 25.3 Å². The predicted octanol–water partition coefficient (Wildman–Crippen LogP) is 1.90. The fourth-order valence-electron chi connectivity index (χ4n) is 1.69. The topological polar surface area (TPSA) is 21.3 Å². The maximum atomic E-state index is 5.21. The molecule has 0 spiro atoms. The number of ether oxygens (including phenoxy) is 1. The minimum absolute atomic E-state index is 0.588. The highest BCUT2D eigenvalue weighted by atomic mass is 16.5. The Hall–Kier alpha value is -0.0800. The van der Waals surface area contributed by atoms with E-state index in [2.05, 4.69) is 26.1 Å². The molecule has 0 aliphatic heterocycles. The molecule has 0 rings (SSSR count). The van der Waals surface area contributed by atoms with E-state index in [0.29, 0.717) is 17.9 Å². The molecule has 1 N–H and O–H groups in total. The quantitative estimate of drug-likeness (QED) is 0.662. The first-order valence-corrected chi connectivity index (χ1v) is 4.83. The van der Waals surface area contributed by atoms with Crippen LogP contribution in [0.3, 0.4) is 0 Å². The third-order valence-electron chi connectivity index (χ3n) is 2.54. The van der Waals surface area contributed by atoms with E-state index in [-0.39, 0.29) is 0 Å². The van der Waals surface area contributed by atoms with Crippen molar-refractivity contribution in [3.05, 3.63) is 0 Å². The van der Waals surface area contributed by atoms with Gasteiger partial charge in [-0.15, -0.1) is 0 Å². The summed E-state index contributed by atoms with van der Waals surface area (Å²) < 4.78 is 5.21. The van der Waals surface area contributed by atoms with Gasteiger partial charge in [-0.2, -0.15) is 0 Å². The smallest absolute Gasteiger partial charge is 0.0507 e. The van der Waals surface area contributed by atoms with Crippen LogP contribution in [0.1, 0.15) is 27.2 Å². The van der Waals surface area contributed by atoms with Gasteiger partial charge in [0.05, 0.1) is 6.61 Å². The molecular formula is C10H23NO. The van der Waals surface area contributed by atoms with Gasteiger partial charge in [0.2, 0.25) is 0 Å². The molecule has 0 aliphatic rings. The molecule has 74 valence electrons. The second kappa shape index (κ2) is 6.44. The van der Waals surface area contributed by atoms with Crippen LogP contribution >= 0.6 is 0 Å². The maximum Gasteiger partial charge on any atom is 0.0507 e. The Morgan fingerprint density at radius 2 is 1.92 bits per heavy atom. The van der Waals surface area contributed by atoms with Crippen LogP contribution in [-0.4, -0.2) is 26.8 Å². The fraction of sp³-hybridized carbons (Fsp3) is 1.00. The monoisotopic (exact) mass is 173 g/mol. The first-order valence-electron chi connectivity index (χ1n) is 4.83. The second-order valence-electron chi connectivity index (χ2n) is 3.67. The highest BCUT2D eigenvalue weighted by Gasteiger charge is 2.21. The summed E-state index contributed by atoms with van der Waals surface area (Å²) >= 11 is 0.